The van der Waals surface area contributed by atoms with Gasteiger partial charge in [0.25, 0.3) is 5.56 Å². The summed E-state index contributed by atoms with van der Waals surface area (Å²) in [6.07, 6.45) is 1.56. The van der Waals surface area contributed by atoms with Crippen LogP contribution in [0.25, 0.3) is 17.2 Å². The first-order valence-electron chi connectivity index (χ1n) is 12.3. The van der Waals surface area contributed by atoms with Gasteiger partial charge in [0.15, 0.2) is 11.5 Å². The molecule has 5 atom stereocenters. The molecule has 4 heterocycles. The number of rotatable bonds is 14. The van der Waals surface area contributed by atoms with Crippen molar-refractivity contribution in [2.75, 3.05) is 25.0 Å². The van der Waals surface area contributed by atoms with Gasteiger partial charge in [-0.1, -0.05) is 0 Å². The number of phosphoric ester groups is 1. The molecule has 3 aromatic rings. The number of H-pyrrole nitrogens is 2. The second-order valence-electron chi connectivity index (χ2n) is 8.94. The third kappa shape index (κ3) is 9.78. The maximum absolute atomic E-state index is 12.4. The molecule has 1 saturated heterocycles. The lowest BCUT2D eigenvalue weighted by Crippen LogP contribution is -2.33. The Labute approximate surface area is 249 Å². The van der Waals surface area contributed by atoms with Crippen molar-refractivity contribution in [3.63, 3.8) is 0 Å². The van der Waals surface area contributed by atoms with Crippen molar-refractivity contribution in [2.24, 2.45) is 0 Å². The van der Waals surface area contributed by atoms with Crippen molar-refractivity contribution in [3.8, 4) is 0 Å². The minimum Gasteiger partial charge on any atom is -0.390 e. The predicted octanol–water partition coefficient (Wildman–Crippen LogP) is -1.56. The van der Waals surface area contributed by atoms with E-state index in [0.717, 1.165) is 22.9 Å². The average molecular weight is 698 g/mol. The highest BCUT2D eigenvalue weighted by atomic mass is 31.3. The van der Waals surface area contributed by atoms with Gasteiger partial charge < -0.3 is 45.0 Å². The molecule has 0 spiro atoms. The number of amides is 1. The minimum absolute atomic E-state index is 0.152. The van der Waals surface area contributed by atoms with Crippen molar-refractivity contribution < 1.29 is 61.1 Å². The molecular formula is C19H25N8O15P3. The number of ether oxygens (including phenoxy) is 1. The van der Waals surface area contributed by atoms with Gasteiger partial charge in [-0.05, 0) is 6.08 Å². The number of imidazole rings is 1. The number of hydrogen-bond donors (Lipinski definition) is 9. The van der Waals surface area contributed by atoms with E-state index < -0.39 is 65.7 Å². The summed E-state index contributed by atoms with van der Waals surface area (Å²) in [6.45, 7) is -0.528. The number of aliphatic hydroxyl groups excluding tert-OH is 1. The number of aromatic nitrogens is 6. The summed E-state index contributed by atoms with van der Waals surface area (Å²) in [7, 11) is -16.9. The van der Waals surface area contributed by atoms with E-state index in [-0.39, 0.29) is 25.1 Å². The van der Waals surface area contributed by atoms with E-state index in [1.54, 1.807) is 0 Å². The van der Waals surface area contributed by atoms with Gasteiger partial charge in [-0.2, -0.15) is 8.62 Å². The monoisotopic (exact) mass is 698 g/mol. The molecule has 0 saturated carbocycles. The highest BCUT2D eigenvalue weighted by Crippen LogP contribution is 2.66. The number of aromatic amines is 2. The molecule has 2 unspecified atom stereocenters. The molecule has 1 amide bonds. The number of fused-ring (bicyclic) bond motifs is 1. The highest BCUT2D eigenvalue weighted by molar-refractivity contribution is 7.66. The Morgan fingerprint density at radius 3 is 2.60 bits per heavy atom. The maximum Gasteiger partial charge on any atom is 0.490 e. The summed E-state index contributed by atoms with van der Waals surface area (Å²) in [5.74, 6) is -0.103. The molecule has 1 aliphatic heterocycles. The molecule has 45 heavy (non-hydrogen) atoms. The van der Waals surface area contributed by atoms with Crippen molar-refractivity contribution in [1.29, 1.82) is 0 Å². The van der Waals surface area contributed by atoms with Gasteiger partial charge in [0, 0.05) is 31.8 Å². The van der Waals surface area contributed by atoms with E-state index in [9.17, 15) is 43.0 Å². The molecule has 0 aromatic carbocycles. The van der Waals surface area contributed by atoms with Gasteiger partial charge in [-0.3, -0.25) is 23.7 Å². The molecule has 23 nitrogen and oxygen atoms in total. The summed E-state index contributed by atoms with van der Waals surface area (Å²) < 4.78 is 52.1. The Morgan fingerprint density at radius 1 is 1.11 bits per heavy atom. The van der Waals surface area contributed by atoms with Gasteiger partial charge in [0.1, 0.15) is 24.2 Å². The van der Waals surface area contributed by atoms with E-state index in [4.69, 9.17) is 14.5 Å². The van der Waals surface area contributed by atoms with E-state index in [1.807, 2.05) is 4.98 Å². The molecule has 4 rings (SSSR count). The van der Waals surface area contributed by atoms with Crippen LogP contribution < -0.4 is 21.9 Å². The number of nitrogens with zero attached hydrogens (tertiary/aromatic N) is 4. The third-order valence-corrected chi connectivity index (χ3v) is 9.48. The zero-order valence-electron chi connectivity index (χ0n) is 22.4. The van der Waals surface area contributed by atoms with Crippen LogP contribution in [0.2, 0.25) is 0 Å². The molecule has 0 bridgehead atoms. The largest absolute Gasteiger partial charge is 0.490 e. The molecule has 9 N–H and O–H groups in total. The average Bonchev–Trinajstić information content (AvgIpc) is 3.54. The fourth-order valence-corrected chi connectivity index (χ4v) is 6.86. The topological polar surface area (TPSA) is 340 Å². The quantitative estimate of drug-likeness (QED) is 0.0522. The van der Waals surface area contributed by atoms with Crippen LogP contribution in [0.4, 0.5) is 5.82 Å². The summed E-state index contributed by atoms with van der Waals surface area (Å²) in [6, 6.07) is 0. The number of aliphatic hydroxyl groups is 1. The lowest BCUT2D eigenvalue weighted by molar-refractivity contribution is -0.116. The van der Waals surface area contributed by atoms with E-state index in [0.29, 0.717) is 17.0 Å². The van der Waals surface area contributed by atoms with Crippen LogP contribution in [0.1, 0.15) is 18.2 Å². The van der Waals surface area contributed by atoms with Gasteiger partial charge in [0.2, 0.25) is 5.91 Å². The summed E-state index contributed by atoms with van der Waals surface area (Å²) in [4.78, 5) is 89.9. The van der Waals surface area contributed by atoms with Crippen LogP contribution in [0.15, 0.2) is 34.5 Å². The lowest BCUT2D eigenvalue weighted by atomic mass is 10.2. The molecule has 1 aliphatic rings. The van der Waals surface area contributed by atoms with Crippen molar-refractivity contribution in [3.05, 3.63) is 51.3 Å². The Balaban J connectivity index is 1.32. The van der Waals surface area contributed by atoms with Crippen molar-refractivity contribution in [1.82, 2.24) is 34.8 Å². The number of carbonyl (C=O) groups excluding carboxylic acids is 1. The van der Waals surface area contributed by atoms with Crippen LogP contribution in [-0.4, -0.2) is 92.0 Å². The fraction of sp³-hybridized carbons (Fsp3) is 0.368. The lowest BCUT2D eigenvalue weighted by Gasteiger charge is -2.19. The summed E-state index contributed by atoms with van der Waals surface area (Å²) >= 11 is 0. The van der Waals surface area contributed by atoms with Crippen LogP contribution in [0.3, 0.4) is 0 Å². The van der Waals surface area contributed by atoms with E-state index in [2.05, 4.69) is 43.7 Å². The molecule has 246 valence electrons. The van der Waals surface area contributed by atoms with E-state index in [1.165, 1.54) is 12.7 Å². The van der Waals surface area contributed by atoms with Gasteiger partial charge in [0.05, 0.1) is 24.6 Å². The normalized spacial score (nSPS) is 21.5. The molecule has 3 aromatic heterocycles. The van der Waals surface area contributed by atoms with Crippen molar-refractivity contribution in [2.45, 2.75) is 24.9 Å². The Bertz CT molecular complexity index is 1840. The Morgan fingerprint density at radius 2 is 1.87 bits per heavy atom. The third-order valence-electron chi connectivity index (χ3n) is 5.68. The molecule has 1 fully saturated rings. The van der Waals surface area contributed by atoms with Crippen LogP contribution in [-0.2, 0) is 36.4 Å². The molecule has 26 heteroatoms. The van der Waals surface area contributed by atoms with Crippen LogP contribution >= 0.6 is 23.5 Å². The number of nitrogens with one attached hydrogen (secondary N) is 4. The maximum atomic E-state index is 12.4. The second-order valence-corrected chi connectivity index (χ2v) is 13.4. The zero-order valence-corrected chi connectivity index (χ0v) is 25.1. The van der Waals surface area contributed by atoms with Gasteiger partial charge in [-0.25, -0.2) is 33.4 Å². The second kappa shape index (κ2) is 13.9. The first kappa shape index (κ1) is 34.4. The van der Waals surface area contributed by atoms with Gasteiger partial charge in [-0.15, -0.1) is 0 Å². The first-order chi connectivity index (χ1) is 21.0. The fourth-order valence-electron chi connectivity index (χ4n) is 3.83. The number of anilines is 1. The highest BCUT2D eigenvalue weighted by Gasteiger charge is 2.43. The summed E-state index contributed by atoms with van der Waals surface area (Å²) in [5, 5.41) is 15.9. The number of hydrogen-bond acceptors (Lipinski definition) is 15. The predicted molar refractivity (Wildman–Crippen MR) is 148 cm³/mol. The van der Waals surface area contributed by atoms with Crippen LogP contribution in [0.5, 0.6) is 0 Å². The molecule has 0 radical (unpaired) electrons. The standard InChI is InChI=1S/C19H25N8O15P3/c28-11-5-14(40-12(11)7-39-44(35,36)42-45(37,38)41-43(32,33)34)27-6-10(18(30)26-19(27)31)1-2-13(29)20-3-4-21-16-15-17(23-8-22-15)25-9-24-16/h1-2,6,8-9,11-12,14,28H,3-5,7H2,(H,20,29)(H,35,36)(H,37,38)(H,26,30,31)(H2,32,33,34)(H2,21,22,23,24,25)/b2-1+/t11-,12+,14+/m0/s1. The van der Waals surface area contributed by atoms with E-state index >= 15 is 0 Å². The number of phosphoric acid groups is 3. The SMILES string of the molecule is O=C(/C=C/c1cn([C@H]2C[C@H](O)[C@@H](COP(=O)(O)OP(=O)(O)OP(=O)(O)O)O2)c(=O)[nH]c1=O)NCCNc1ncnc2nc[nH]c12. The Hall–Kier alpha value is -3.43. The molecular weight excluding hydrogens is 673 g/mol. The number of carbonyl (C=O) groups is 1. The summed E-state index contributed by atoms with van der Waals surface area (Å²) in [5.41, 5.74) is -0.920. The van der Waals surface area contributed by atoms with Crippen molar-refractivity contribution >= 4 is 52.4 Å². The first-order valence-corrected chi connectivity index (χ1v) is 16.9. The van der Waals surface area contributed by atoms with Crippen LogP contribution in [0, 0.1) is 0 Å². The molecule has 0 aliphatic carbocycles. The smallest absolute Gasteiger partial charge is 0.390 e. The minimum atomic E-state index is -5.76. The zero-order chi connectivity index (χ0) is 33.0. The Kier molecular flexibility index (Phi) is 10.6. The van der Waals surface area contributed by atoms with Gasteiger partial charge >= 0.3 is 29.2 Å².